The number of fused-ring (bicyclic) bond motifs is 1. The van der Waals surface area contributed by atoms with Crippen molar-refractivity contribution in [2.75, 3.05) is 25.1 Å². The van der Waals surface area contributed by atoms with Crippen molar-refractivity contribution >= 4 is 16.5 Å². The van der Waals surface area contributed by atoms with E-state index in [1.165, 1.54) is 10.6 Å². The summed E-state index contributed by atoms with van der Waals surface area (Å²) in [6.45, 7) is 10.3. The van der Waals surface area contributed by atoms with E-state index in [1.807, 2.05) is 0 Å². The molecule has 1 aromatic rings. The molecule has 1 aliphatic carbocycles. The summed E-state index contributed by atoms with van der Waals surface area (Å²) in [6, 6.07) is 0.139. The summed E-state index contributed by atoms with van der Waals surface area (Å²) < 4.78 is 5.60. The summed E-state index contributed by atoms with van der Waals surface area (Å²) in [5, 5.41) is 1.07. The smallest absolute Gasteiger partial charge is 0.185 e. The van der Waals surface area contributed by atoms with Gasteiger partial charge in [-0.25, -0.2) is 4.98 Å². The third-order valence-electron chi connectivity index (χ3n) is 3.68. The van der Waals surface area contributed by atoms with Crippen LogP contribution in [0.25, 0.3) is 0 Å². The highest BCUT2D eigenvalue weighted by molar-refractivity contribution is 7.15. The van der Waals surface area contributed by atoms with Gasteiger partial charge < -0.3 is 15.4 Å². The first-order valence-corrected chi connectivity index (χ1v) is 8.18. The number of ether oxygens (including phenoxy) is 1. The van der Waals surface area contributed by atoms with Gasteiger partial charge in [-0.15, -0.1) is 11.3 Å². The van der Waals surface area contributed by atoms with Crippen molar-refractivity contribution in [3.63, 3.8) is 0 Å². The topological polar surface area (TPSA) is 51.4 Å². The molecule has 0 amide bonds. The predicted octanol–water partition coefficient (Wildman–Crippen LogP) is 2.98. The first-order chi connectivity index (χ1) is 9.28. The average molecular weight is 297 g/mol. The first kappa shape index (κ1) is 15.7. The second-order valence-corrected chi connectivity index (χ2v) is 7.81. The average Bonchev–Trinajstić information content (AvgIpc) is 2.70. The van der Waals surface area contributed by atoms with Gasteiger partial charge in [0.15, 0.2) is 5.13 Å². The zero-order valence-electron chi connectivity index (χ0n) is 13.3. The maximum atomic E-state index is 6.30. The zero-order chi connectivity index (χ0) is 14.9. The molecule has 0 radical (unpaired) electrons. The molecule has 20 heavy (non-hydrogen) atoms. The minimum Gasteiger partial charge on any atom is -0.377 e. The van der Waals surface area contributed by atoms with Crippen LogP contribution in [0.5, 0.6) is 0 Å². The highest BCUT2D eigenvalue weighted by atomic mass is 32.1. The van der Waals surface area contributed by atoms with Crippen molar-refractivity contribution < 1.29 is 4.74 Å². The second-order valence-electron chi connectivity index (χ2n) is 6.80. The largest absolute Gasteiger partial charge is 0.377 e. The molecule has 1 aromatic heterocycles. The molecule has 0 aromatic carbocycles. The molecule has 4 nitrogen and oxygen atoms in total. The van der Waals surface area contributed by atoms with E-state index in [9.17, 15) is 0 Å². The van der Waals surface area contributed by atoms with Gasteiger partial charge in [0, 0.05) is 24.5 Å². The number of likely N-dealkylation sites (N-methyl/N-ethyl adjacent to an activating group) is 1. The van der Waals surface area contributed by atoms with E-state index >= 15 is 0 Å². The molecule has 1 atom stereocenters. The molecule has 114 valence electrons. The lowest BCUT2D eigenvalue weighted by molar-refractivity contribution is 0.0846. The molecular weight excluding hydrogens is 270 g/mol. The molecule has 1 aliphatic rings. The third kappa shape index (κ3) is 3.71. The van der Waals surface area contributed by atoms with Crippen LogP contribution in [0.2, 0.25) is 0 Å². The van der Waals surface area contributed by atoms with Crippen molar-refractivity contribution in [2.45, 2.75) is 52.7 Å². The lowest BCUT2D eigenvalue weighted by Crippen LogP contribution is -2.28. The molecule has 0 fully saturated rings. The summed E-state index contributed by atoms with van der Waals surface area (Å²) in [7, 11) is 2.07. The Labute approximate surface area is 126 Å². The Kier molecular flexibility index (Phi) is 4.72. The van der Waals surface area contributed by atoms with E-state index in [-0.39, 0.29) is 17.6 Å². The number of hydrogen-bond donors (Lipinski definition) is 1. The Morgan fingerprint density at radius 3 is 2.85 bits per heavy atom. The summed E-state index contributed by atoms with van der Waals surface area (Å²) in [5.41, 5.74) is 7.76. The Bertz CT molecular complexity index is 456. The van der Waals surface area contributed by atoms with Crippen LogP contribution in [0.15, 0.2) is 0 Å². The summed E-state index contributed by atoms with van der Waals surface area (Å²) >= 11 is 1.75. The number of nitrogens with zero attached hydrogens (tertiary/aromatic N) is 2. The van der Waals surface area contributed by atoms with Gasteiger partial charge >= 0.3 is 0 Å². The van der Waals surface area contributed by atoms with E-state index in [4.69, 9.17) is 15.5 Å². The molecule has 0 aliphatic heterocycles. The van der Waals surface area contributed by atoms with Crippen LogP contribution in [0, 0.1) is 5.41 Å². The fraction of sp³-hybridized carbons (Fsp3) is 0.800. The maximum absolute atomic E-state index is 6.30. The van der Waals surface area contributed by atoms with Gasteiger partial charge in [0.2, 0.25) is 0 Å². The van der Waals surface area contributed by atoms with Crippen LogP contribution in [0.4, 0.5) is 5.13 Å². The van der Waals surface area contributed by atoms with E-state index in [0.717, 1.165) is 31.1 Å². The Morgan fingerprint density at radius 2 is 2.20 bits per heavy atom. The minimum absolute atomic E-state index is 0.139. The molecule has 0 saturated heterocycles. The number of hydrogen-bond acceptors (Lipinski definition) is 5. The van der Waals surface area contributed by atoms with E-state index in [1.54, 1.807) is 11.3 Å². The number of thiazole rings is 1. The fourth-order valence-electron chi connectivity index (χ4n) is 2.66. The molecule has 1 unspecified atom stereocenters. The van der Waals surface area contributed by atoms with Gasteiger partial charge in [-0.1, -0.05) is 13.8 Å². The van der Waals surface area contributed by atoms with Crippen LogP contribution >= 0.6 is 11.3 Å². The van der Waals surface area contributed by atoms with E-state index in [0.29, 0.717) is 0 Å². The van der Waals surface area contributed by atoms with Crippen molar-refractivity contribution in [1.82, 2.24) is 4.98 Å². The molecule has 1 heterocycles. The molecule has 0 saturated carbocycles. The Balaban J connectivity index is 2.04. The predicted molar refractivity (Wildman–Crippen MR) is 85.5 cm³/mol. The molecule has 0 spiro atoms. The van der Waals surface area contributed by atoms with Gasteiger partial charge in [0.05, 0.1) is 18.4 Å². The van der Waals surface area contributed by atoms with Gasteiger partial charge in [-0.3, -0.25) is 0 Å². The van der Waals surface area contributed by atoms with Crippen LogP contribution < -0.4 is 10.6 Å². The zero-order valence-corrected chi connectivity index (χ0v) is 14.1. The summed E-state index contributed by atoms with van der Waals surface area (Å²) in [4.78, 5) is 8.25. The van der Waals surface area contributed by atoms with Crippen LogP contribution in [0.1, 0.15) is 50.7 Å². The SMILES string of the molecule is CC(C)OCCN(C)c1nc2c(s1)C(N)CC(C)(C)C2. The van der Waals surface area contributed by atoms with E-state index < -0.39 is 0 Å². The molecule has 0 bridgehead atoms. The van der Waals surface area contributed by atoms with Crippen molar-refractivity contribution in [3.05, 3.63) is 10.6 Å². The number of anilines is 1. The van der Waals surface area contributed by atoms with Crippen molar-refractivity contribution in [1.29, 1.82) is 0 Å². The number of aromatic nitrogens is 1. The lowest BCUT2D eigenvalue weighted by Gasteiger charge is -2.32. The maximum Gasteiger partial charge on any atom is 0.185 e. The van der Waals surface area contributed by atoms with Crippen LogP contribution in [-0.2, 0) is 11.2 Å². The van der Waals surface area contributed by atoms with Gasteiger partial charge in [0.1, 0.15) is 0 Å². The fourth-order valence-corrected chi connectivity index (χ4v) is 3.73. The monoisotopic (exact) mass is 297 g/mol. The lowest BCUT2D eigenvalue weighted by atomic mass is 9.77. The standard InChI is InChI=1S/C15H27N3OS/c1-10(2)19-7-6-18(5)14-17-12-9-15(3,4)8-11(16)13(12)20-14/h10-11H,6-9,16H2,1-5H3. The van der Waals surface area contributed by atoms with Gasteiger partial charge in [-0.05, 0) is 32.1 Å². The van der Waals surface area contributed by atoms with Gasteiger partial charge in [0.25, 0.3) is 0 Å². The Morgan fingerprint density at radius 1 is 1.50 bits per heavy atom. The summed E-state index contributed by atoms with van der Waals surface area (Å²) in [5.74, 6) is 0. The highest BCUT2D eigenvalue weighted by Crippen LogP contribution is 2.43. The molecule has 5 heteroatoms. The Hall–Kier alpha value is -0.650. The molecular formula is C15H27N3OS. The van der Waals surface area contributed by atoms with Gasteiger partial charge in [-0.2, -0.15) is 0 Å². The summed E-state index contributed by atoms with van der Waals surface area (Å²) in [6.07, 6.45) is 2.35. The quantitative estimate of drug-likeness (QED) is 0.908. The highest BCUT2D eigenvalue weighted by Gasteiger charge is 2.33. The third-order valence-corrected chi connectivity index (χ3v) is 5.02. The molecule has 2 rings (SSSR count). The second kappa shape index (κ2) is 6.00. The van der Waals surface area contributed by atoms with E-state index in [2.05, 4.69) is 39.6 Å². The number of rotatable bonds is 5. The first-order valence-electron chi connectivity index (χ1n) is 7.36. The number of nitrogens with two attached hydrogens (primary N) is 1. The van der Waals surface area contributed by atoms with Crippen LogP contribution in [0.3, 0.4) is 0 Å². The van der Waals surface area contributed by atoms with Crippen molar-refractivity contribution in [3.8, 4) is 0 Å². The van der Waals surface area contributed by atoms with Crippen LogP contribution in [-0.4, -0.2) is 31.3 Å². The van der Waals surface area contributed by atoms with Crippen molar-refractivity contribution in [2.24, 2.45) is 11.1 Å². The normalized spacial score (nSPS) is 21.1. The minimum atomic E-state index is 0.139. The molecule has 2 N–H and O–H groups in total.